The van der Waals surface area contributed by atoms with Crippen LogP contribution in [0.2, 0.25) is 0 Å². The Kier molecular flexibility index (Phi) is 4.00. The topological polar surface area (TPSA) is 74.6 Å². The van der Waals surface area contributed by atoms with Gasteiger partial charge in [-0.15, -0.1) is 0 Å². The Hall–Kier alpha value is -1.42. The maximum Gasteiger partial charge on any atom is 0.169 e. The number of carbonyl (C=O) groups excluding carboxylic acids is 2. The van der Waals surface area contributed by atoms with E-state index in [0.29, 0.717) is 17.8 Å². The van der Waals surface area contributed by atoms with E-state index >= 15 is 0 Å². The zero-order chi connectivity index (χ0) is 18.9. The molecule has 0 aromatic heterocycles. The molecule has 2 N–H and O–H groups in total. The number of rotatable bonds is 2. The lowest BCUT2D eigenvalue weighted by molar-refractivity contribution is -0.138. The summed E-state index contributed by atoms with van der Waals surface area (Å²) < 4.78 is 0. The van der Waals surface area contributed by atoms with E-state index in [2.05, 4.69) is 20.8 Å². The minimum Gasteiger partial charge on any atom is -0.508 e. The van der Waals surface area contributed by atoms with Crippen LogP contribution in [0.5, 0.6) is 0 Å². The molecule has 0 aliphatic heterocycles. The van der Waals surface area contributed by atoms with Crippen molar-refractivity contribution in [2.75, 3.05) is 6.61 Å². The van der Waals surface area contributed by atoms with Gasteiger partial charge in [-0.05, 0) is 74.2 Å². The van der Waals surface area contributed by atoms with Gasteiger partial charge in [0.15, 0.2) is 11.6 Å². The number of Topliss-reactive ketones (excluding diaryl/α,β-unsaturated/α-hetero) is 1. The maximum atomic E-state index is 12.9. The molecule has 3 saturated carbocycles. The summed E-state index contributed by atoms with van der Waals surface area (Å²) in [6, 6.07) is 0. The molecule has 7 atom stereocenters. The summed E-state index contributed by atoms with van der Waals surface area (Å²) in [6.07, 6.45) is 7.97. The molecule has 4 aliphatic rings. The lowest BCUT2D eigenvalue weighted by atomic mass is 9.47. The summed E-state index contributed by atoms with van der Waals surface area (Å²) in [7, 11) is 0. The van der Waals surface area contributed by atoms with Crippen molar-refractivity contribution in [2.45, 2.75) is 52.9 Å². The highest BCUT2D eigenvalue weighted by Crippen LogP contribution is 2.67. The third-order valence-corrected chi connectivity index (χ3v) is 8.55. The molecule has 4 nitrogen and oxygen atoms in total. The number of hydrogen-bond acceptors (Lipinski definition) is 4. The van der Waals surface area contributed by atoms with Crippen molar-refractivity contribution in [3.8, 4) is 0 Å². The van der Waals surface area contributed by atoms with Crippen LogP contribution in [0.15, 0.2) is 23.5 Å². The molecule has 0 aromatic carbocycles. The first-order valence-electron chi connectivity index (χ1n) is 10.0. The number of allylic oxidation sites excluding steroid dienone is 3. The van der Waals surface area contributed by atoms with E-state index < -0.39 is 5.41 Å². The quantitative estimate of drug-likeness (QED) is 0.791. The van der Waals surface area contributed by atoms with Crippen molar-refractivity contribution in [1.82, 2.24) is 0 Å². The predicted molar refractivity (Wildman–Crippen MR) is 98.3 cm³/mol. The smallest absolute Gasteiger partial charge is 0.169 e. The first-order chi connectivity index (χ1) is 12.2. The van der Waals surface area contributed by atoms with Crippen LogP contribution in [0.4, 0.5) is 0 Å². The maximum absolute atomic E-state index is 12.9. The van der Waals surface area contributed by atoms with E-state index in [0.717, 1.165) is 37.7 Å². The first kappa shape index (κ1) is 18.0. The van der Waals surface area contributed by atoms with Crippen LogP contribution in [0.3, 0.4) is 0 Å². The van der Waals surface area contributed by atoms with E-state index in [-0.39, 0.29) is 41.2 Å². The molecule has 0 aromatic rings. The zero-order valence-electron chi connectivity index (χ0n) is 16.0. The SMILES string of the molecule is CC1C[C@H]2[C@@H]3CCC4=CC(O)=CC(=O)[C@]4(C)[C@H]3CC[C@]2(C)[C@H]1C(=O)CO. The van der Waals surface area contributed by atoms with Crippen LogP contribution < -0.4 is 0 Å². The Labute approximate surface area is 155 Å². The number of aliphatic hydroxyl groups excluding tert-OH is 2. The normalized spacial score (nSPS) is 47.4. The van der Waals surface area contributed by atoms with E-state index in [9.17, 15) is 19.8 Å². The van der Waals surface area contributed by atoms with Gasteiger partial charge >= 0.3 is 0 Å². The minimum atomic E-state index is -0.501. The van der Waals surface area contributed by atoms with Crippen LogP contribution in [-0.4, -0.2) is 28.4 Å². The summed E-state index contributed by atoms with van der Waals surface area (Å²) >= 11 is 0. The fourth-order valence-corrected chi connectivity index (χ4v) is 7.44. The van der Waals surface area contributed by atoms with Crippen LogP contribution in [0, 0.1) is 40.4 Å². The zero-order valence-corrected chi connectivity index (χ0v) is 16.0. The van der Waals surface area contributed by atoms with Gasteiger partial charge in [0.05, 0.1) is 5.41 Å². The van der Waals surface area contributed by atoms with Crippen molar-refractivity contribution >= 4 is 11.6 Å². The highest BCUT2D eigenvalue weighted by atomic mass is 16.3. The monoisotopic (exact) mass is 358 g/mol. The molecule has 0 heterocycles. The molecular formula is C22H30O4. The summed E-state index contributed by atoms with van der Waals surface area (Å²) in [6.45, 7) is 6.11. The summed E-state index contributed by atoms with van der Waals surface area (Å²) in [5.41, 5.74) is 0.522. The molecule has 1 unspecified atom stereocenters. The van der Waals surface area contributed by atoms with Gasteiger partial charge in [0, 0.05) is 12.0 Å². The Morgan fingerprint density at radius 2 is 1.96 bits per heavy atom. The van der Waals surface area contributed by atoms with Crippen molar-refractivity contribution in [3.05, 3.63) is 23.5 Å². The van der Waals surface area contributed by atoms with Crippen LogP contribution in [-0.2, 0) is 9.59 Å². The van der Waals surface area contributed by atoms with Gasteiger partial charge in [-0.25, -0.2) is 0 Å². The number of ketones is 2. The van der Waals surface area contributed by atoms with E-state index in [1.54, 1.807) is 6.08 Å². The van der Waals surface area contributed by atoms with Gasteiger partial charge in [-0.3, -0.25) is 9.59 Å². The lowest BCUT2D eigenvalue weighted by Gasteiger charge is -2.56. The average molecular weight is 358 g/mol. The fourth-order valence-electron chi connectivity index (χ4n) is 7.44. The summed E-state index contributed by atoms with van der Waals surface area (Å²) in [4.78, 5) is 25.4. The van der Waals surface area contributed by atoms with Crippen molar-refractivity contribution in [2.24, 2.45) is 40.4 Å². The van der Waals surface area contributed by atoms with Gasteiger partial charge in [0.1, 0.15) is 12.4 Å². The van der Waals surface area contributed by atoms with Crippen molar-refractivity contribution < 1.29 is 19.8 Å². The lowest BCUT2D eigenvalue weighted by Crippen LogP contribution is -2.53. The molecule has 0 bridgehead atoms. The largest absolute Gasteiger partial charge is 0.508 e. The Morgan fingerprint density at radius 1 is 1.23 bits per heavy atom. The second-order valence-electron chi connectivity index (χ2n) is 9.58. The van der Waals surface area contributed by atoms with Crippen molar-refractivity contribution in [1.29, 1.82) is 0 Å². The molecule has 0 spiro atoms. The molecule has 26 heavy (non-hydrogen) atoms. The molecule has 0 radical (unpaired) electrons. The van der Waals surface area contributed by atoms with E-state index in [1.807, 2.05) is 0 Å². The summed E-state index contributed by atoms with van der Waals surface area (Å²) in [5.74, 6) is 1.51. The number of fused-ring (bicyclic) bond motifs is 5. The third-order valence-electron chi connectivity index (χ3n) is 8.55. The predicted octanol–water partition coefficient (Wildman–Crippen LogP) is 3.60. The standard InChI is InChI=1S/C22H30O4/c1-12-8-17-15-5-4-13-9-14(24)10-19(26)22(13,3)16(15)6-7-21(17,2)20(12)18(25)11-23/h9-10,12,15-17,20,23-24H,4-8,11H2,1-3H3/t12?,15-,16+,17+,20-,21+,22+/m1/s1. The molecule has 0 amide bonds. The molecule has 4 heteroatoms. The molecule has 0 saturated heterocycles. The van der Waals surface area contributed by atoms with Gasteiger partial charge in [0.2, 0.25) is 0 Å². The van der Waals surface area contributed by atoms with Gasteiger partial charge in [0.25, 0.3) is 0 Å². The van der Waals surface area contributed by atoms with Crippen molar-refractivity contribution in [3.63, 3.8) is 0 Å². The van der Waals surface area contributed by atoms with Crippen LogP contribution >= 0.6 is 0 Å². The number of hydrogen-bond donors (Lipinski definition) is 2. The van der Waals surface area contributed by atoms with Crippen LogP contribution in [0.25, 0.3) is 0 Å². The Bertz CT molecular complexity index is 720. The Morgan fingerprint density at radius 3 is 2.65 bits per heavy atom. The van der Waals surface area contributed by atoms with Gasteiger partial charge in [-0.2, -0.15) is 0 Å². The van der Waals surface area contributed by atoms with E-state index in [4.69, 9.17) is 0 Å². The fraction of sp³-hybridized carbons (Fsp3) is 0.727. The molecule has 4 aliphatic carbocycles. The molecule has 3 fully saturated rings. The van der Waals surface area contributed by atoms with Gasteiger partial charge in [-0.1, -0.05) is 19.4 Å². The van der Waals surface area contributed by atoms with Crippen LogP contribution in [0.1, 0.15) is 52.9 Å². The second-order valence-corrected chi connectivity index (χ2v) is 9.58. The number of aliphatic hydroxyl groups is 2. The molecular weight excluding hydrogens is 328 g/mol. The van der Waals surface area contributed by atoms with E-state index in [1.165, 1.54) is 6.08 Å². The highest BCUT2D eigenvalue weighted by Gasteiger charge is 2.62. The minimum absolute atomic E-state index is 0.00912. The number of carbonyl (C=O) groups is 2. The first-order valence-corrected chi connectivity index (χ1v) is 10.0. The molecule has 4 rings (SSSR count). The second kappa shape index (κ2) is 5.79. The highest BCUT2D eigenvalue weighted by molar-refractivity contribution is 5.99. The molecule has 142 valence electrons. The van der Waals surface area contributed by atoms with Gasteiger partial charge < -0.3 is 10.2 Å². The Balaban J connectivity index is 1.70. The average Bonchev–Trinajstić information content (AvgIpc) is 2.86. The third kappa shape index (κ3) is 2.17. The summed E-state index contributed by atoms with van der Waals surface area (Å²) in [5, 5.41) is 19.4.